The number of phenolic OH excluding ortho intramolecular Hbond substituents is 1. The highest BCUT2D eigenvalue weighted by Gasteiger charge is 2.34. The number of phenols is 1. The molecule has 0 spiro atoms. The van der Waals surface area contributed by atoms with Gasteiger partial charge in [0.2, 0.25) is 0 Å². The topological polar surface area (TPSA) is 57.6 Å². The van der Waals surface area contributed by atoms with Gasteiger partial charge in [-0.1, -0.05) is 33.6 Å². The van der Waals surface area contributed by atoms with Crippen molar-refractivity contribution in [2.75, 3.05) is 6.54 Å². The smallest absolute Gasteiger partial charge is 0.293 e. The minimum atomic E-state index is -0.407. The van der Waals surface area contributed by atoms with Crippen molar-refractivity contribution in [3.8, 4) is 5.75 Å². The number of carbonyl (C=O) groups excluding carboxylic acids is 2. The van der Waals surface area contributed by atoms with E-state index in [1.54, 1.807) is 6.07 Å². The molecule has 2 amide bonds. The molecule has 0 unspecified atom stereocenters. The molecule has 1 fully saturated rings. The van der Waals surface area contributed by atoms with Gasteiger partial charge in [-0.25, -0.2) is 0 Å². The van der Waals surface area contributed by atoms with E-state index in [1.165, 1.54) is 18.2 Å². The maximum absolute atomic E-state index is 12.0. The molecule has 1 N–H and O–H groups in total. The average Bonchev–Trinajstić information content (AvgIpc) is 2.63. The first-order chi connectivity index (χ1) is 9.43. The fraction of sp³-hybridized carbons (Fsp3) is 0.0769. The van der Waals surface area contributed by atoms with Crippen molar-refractivity contribution in [3.63, 3.8) is 0 Å². The molecule has 0 bridgehead atoms. The molecule has 0 atom stereocenters. The number of thioether (sulfide) groups is 1. The second-order valence-electron chi connectivity index (χ2n) is 3.91. The van der Waals surface area contributed by atoms with Crippen LogP contribution in [-0.4, -0.2) is 27.7 Å². The zero-order valence-electron chi connectivity index (χ0n) is 10.1. The molecule has 1 aliphatic rings. The largest absolute Gasteiger partial charge is 0.506 e. The molecule has 0 saturated carbocycles. The van der Waals surface area contributed by atoms with Crippen LogP contribution in [0.4, 0.5) is 4.79 Å². The van der Waals surface area contributed by atoms with E-state index in [1.807, 2.05) is 0 Å². The third-order valence-corrected chi connectivity index (χ3v) is 4.18. The van der Waals surface area contributed by atoms with Crippen molar-refractivity contribution in [1.29, 1.82) is 0 Å². The summed E-state index contributed by atoms with van der Waals surface area (Å²) in [6.45, 7) is 3.66. The molecular weight excluding hydrogens is 366 g/mol. The zero-order valence-corrected chi connectivity index (χ0v) is 13.3. The molecule has 4 nitrogen and oxygen atoms in total. The van der Waals surface area contributed by atoms with E-state index < -0.39 is 5.91 Å². The Labute approximate surface area is 133 Å². The summed E-state index contributed by atoms with van der Waals surface area (Å²) in [6.07, 6.45) is 2.92. The highest BCUT2D eigenvalue weighted by atomic mass is 79.9. The van der Waals surface area contributed by atoms with Crippen molar-refractivity contribution in [1.82, 2.24) is 4.90 Å². The van der Waals surface area contributed by atoms with Gasteiger partial charge in [0.1, 0.15) is 5.75 Å². The Morgan fingerprint density at radius 1 is 1.45 bits per heavy atom. The molecule has 7 heteroatoms. The number of amides is 2. The lowest BCUT2D eigenvalue weighted by Gasteiger charge is -2.08. The van der Waals surface area contributed by atoms with Crippen molar-refractivity contribution >= 4 is 56.5 Å². The maximum atomic E-state index is 12.0. The quantitative estimate of drug-likeness (QED) is 0.641. The first kappa shape index (κ1) is 15.2. The fourth-order valence-corrected chi connectivity index (χ4v) is 3.30. The minimum absolute atomic E-state index is 0.134. The molecule has 1 aromatic rings. The number of aromatic hydroxyl groups is 1. The lowest BCUT2D eigenvalue weighted by Crippen LogP contribution is -2.27. The van der Waals surface area contributed by atoms with E-state index in [0.29, 0.717) is 10.0 Å². The van der Waals surface area contributed by atoms with Gasteiger partial charge >= 0.3 is 0 Å². The van der Waals surface area contributed by atoms with Gasteiger partial charge in [-0.15, -0.1) is 6.58 Å². The van der Waals surface area contributed by atoms with Crippen LogP contribution >= 0.6 is 39.3 Å². The van der Waals surface area contributed by atoms with Crippen LogP contribution in [0.5, 0.6) is 5.75 Å². The van der Waals surface area contributed by atoms with Crippen LogP contribution in [-0.2, 0) is 4.79 Å². The summed E-state index contributed by atoms with van der Waals surface area (Å²) in [7, 11) is 0. The van der Waals surface area contributed by atoms with E-state index in [2.05, 4.69) is 22.5 Å². The van der Waals surface area contributed by atoms with Crippen LogP contribution in [0.25, 0.3) is 6.08 Å². The predicted molar refractivity (Wildman–Crippen MR) is 83.7 cm³/mol. The van der Waals surface area contributed by atoms with Crippen LogP contribution in [0.2, 0.25) is 5.02 Å². The van der Waals surface area contributed by atoms with Gasteiger partial charge in [-0.2, -0.15) is 0 Å². The third kappa shape index (κ3) is 2.92. The van der Waals surface area contributed by atoms with Crippen molar-refractivity contribution in [2.24, 2.45) is 0 Å². The van der Waals surface area contributed by atoms with Gasteiger partial charge in [0.25, 0.3) is 11.1 Å². The van der Waals surface area contributed by atoms with Gasteiger partial charge in [-0.05, 0) is 30.0 Å². The lowest BCUT2D eigenvalue weighted by atomic mass is 10.2. The Hall–Kier alpha value is -1.24. The van der Waals surface area contributed by atoms with Crippen LogP contribution in [0.15, 0.2) is 34.2 Å². The van der Waals surface area contributed by atoms with Gasteiger partial charge in [0.05, 0.1) is 9.93 Å². The minimum Gasteiger partial charge on any atom is -0.506 e. The Bertz CT molecular complexity index is 645. The van der Waals surface area contributed by atoms with E-state index in [-0.39, 0.29) is 27.5 Å². The second-order valence-corrected chi connectivity index (χ2v) is 6.22. The summed E-state index contributed by atoms with van der Waals surface area (Å²) >= 11 is 9.93. The van der Waals surface area contributed by atoms with Crippen LogP contribution in [0, 0.1) is 0 Å². The molecule has 2 rings (SSSR count). The highest BCUT2D eigenvalue weighted by Crippen LogP contribution is 2.37. The van der Waals surface area contributed by atoms with E-state index in [9.17, 15) is 14.7 Å². The Balaban J connectivity index is 2.40. The Morgan fingerprint density at radius 2 is 2.15 bits per heavy atom. The number of halogens is 2. The molecule has 1 saturated heterocycles. The molecule has 0 radical (unpaired) electrons. The zero-order chi connectivity index (χ0) is 14.9. The summed E-state index contributed by atoms with van der Waals surface area (Å²) in [6, 6.07) is 3.15. The number of imide groups is 1. The molecule has 1 aromatic carbocycles. The standard InChI is InChI=1S/C13H9BrClNO3S/c1-2-3-16-12(18)10(20-13(16)19)5-7-4-8(14)6-9(15)11(7)17/h2,4-6,17H,1,3H2/b10-5-. The molecule has 0 aromatic heterocycles. The van der Waals surface area contributed by atoms with E-state index in [0.717, 1.165) is 16.7 Å². The molecule has 20 heavy (non-hydrogen) atoms. The number of carbonyl (C=O) groups is 2. The van der Waals surface area contributed by atoms with Gasteiger partial charge < -0.3 is 5.11 Å². The molecule has 1 aliphatic heterocycles. The summed E-state index contributed by atoms with van der Waals surface area (Å²) < 4.78 is 0.664. The van der Waals surface area contributed by atoms with Gasteiger partial charge in [-0.3, -0.25) is 14.5 Å². The summed E-state index contributed by atoms with van der Waals surface area (Å²) in [5, 5.41) is 9.67. The first-order valence-electron chi connectivity index (χ1n) is 5.48. The molecule has 1 heterocycles. The molecular formula is C13H9BrClNO3S. The number of hydrogen-bond donors (Lipinski definition) is 1. The van der Waals surface area contributed by atoms with E-state index >= 15 is 0 Å². The normalized spacial score (nSPS) is 17.1. The molecule has 104 valence electrons. The number of rotatable bonds is 3. The number of nitrogens with zero attached hydrogens (tertiary/aromatic N) is 1. The summed E-state index contributed by atoms with van der Waals surface area (Å²) in [4.78, 5) is 25.0. The van der Waals surface area contributed by atoms with Crippen LogP contribution in [0.3, 0.4) is 0 Å². The summed E-state index contributed by atoms with van der Waals surface area (Å²) in [5.74, 6) is -0.541. The Kier molecular flexibility index (Phi) is 4.57. The highest BCUT2D eigenvalue weighted by molar-refractivity contribution is 9.10. The number of hydrogen-bond acceptors (Lipinski definition) is 4. The van der Waals surface area contributed by atoms with Crippen molar-refractivity contribution in [3.05, 3.63) is 44.8 Å². The first-order valence-corrected chi connectivity index (χ1v) is 7.47. The SMILES string of the molecule is C=CCN1C(=O)S/C(=C\c2cc(Br)cc(Cl)c2O)C1=O. The van der Waals surface area contributed by atoms with Crippen molar-refractivity contribution < 1.29 is 14.7 Å². The van der Waals surface area contributed by atoms with E-state index in [4.69, 9.17) is 11.6 Å². The monoisotopic (exact) mass is 373 g/mol. The maximum Gasteiger partial charge on any atom is 0.293 e. The molecule has 0 aliphatic carbocycles. The van der Waals surface area contributed by atoms with Crippen LogP contribution in [0.1, 0.15) is 5.56 Å². The Morgan fingerprint density at radius 3 is 2.80 bits per heavy atom. The second kappa shape index (κ2) is 6.03. The van der Waals surface area contributed by atoms with Crippen molar-refractivity contribution in [2.45, 2.75) is 0 Å². The van der Waals surface area contributed by atoms with Gasteiger partial charge in [0.15, 0.2) is 0 Å². The third-order valence-electron chi connectivity index (χ3n) is 2.53. The number of benzene rings is 1. The average molecular weight is 375 g/mol. The fourth-order valence-electron chi connectivity index (χ4n) is 1.62. The lowest BCUT2D eigenvalue weighted by molar-refractivity contribution is -0.122. The van der Waals surface area contributed by atoms with Crippen LogP contribution < -0.4 is 0 Å². The summed E-state index contributed by atoms with van der Waals surface area (Å²) in [5.41, 5.74) is 0.369. The predicted octanol–water partition coefficient (Wildman–Crippen LogP) is 4.03. The van der Waals surface area contributed by atoms with Gasteiger partial charge in [0, 0.05) is 16.6 Å².